The van der Waals surface area contributed by atoms with Crippen molar-refractivity contribution in [2.45, 2.75) is 31.3 Å². The molecule has 7 nitrogen and oxygen atoms in total. The molecule has 1 aromatic carbocycles. The third kappa shape index (κ3) is 6.14. The van der Waals surface area contributed by atoms with E-state index in [0.717, 1.165) is 5.56 Å². The molecule has 2 unspecified atom stereocenters. The normalized spacial score (nSPS) is 12.6. The zero-order valence-corrected chi connectivity index (χ0v) is 14.8. The Morgan fingerprint density at radius 2 is 1.81 bits per heavy atom. The van der Waals surface area contributed by atoms with Crippen molar-refractivity contribution in [3.8, 4) is 0 Å². The molecule has 0 aliphatic carbocycles. The van der Waals surface area contributed by atoms with E-state index in [-0.39, 0.29) is 18.6 Å². The van der Waals surface area contributed by atoms with Crippen LogP contribution in [0, 0.1) is 0 Å². The number of nitrogens with one attached hydrogen (secondary N) is 2. The Kier molecular flexibility index (Phi) is 7.37. The number of carbonyl (C=O) groups excluding carboxylic acids is 2. The first kappa shape index (κ1) is 20.0. The Morgan fingerprint density at radius 1 is 1.07 bits per heavy atom. The molecule has 7 heteroatoms. The molecule has 27 heavy (non-hydrogen) atoms. The van der Waals surface area contributed by atoms with Gasteiger partial charge in [0.15, 0.2) is 5.76 Å². The minimum absolute atomic E-state index is 0.0716. The van der Waals surface area contributed by atoms with Crippen LogP contribution in [0.15, 0.2) is 65.8 Å². The molecule has 0 fully saturated rings. The van der Waals surface area contributed by atoms with Crippen LogP contribution in [-0.2, 0) is 16.0 Å². The van der Waals surface area contributed by atoms with Gasteiger partial charge in [0, 0.05) is 6.42 Å². The van der Waals surface area contributed by atoms with E-state index in [1.54, 1.807) is 12.1 Å². The van der Waals surface area contributed by atoms with Gasteiger partial charge in [-0.3, -0.25) is 9.59 Å². The maximum absolute atomic E-state index is 12.7. The Labute approximate surface area is 157 Å². The molecule has 0 spiro atoms. The number of aliphatic carboxylic acids is 1. The van der Waals surface area contributed by atoms with Crippen LogP contribution in [-0.4, -0.2) is 35.0 Å². The summed E-state index contributed by atoms with van der Waals surface area (Å²) in [4.78, 5) is 36.4. The van der Waals surface area contributed by atoms with Crippen LogP contribution in [0.25, 0.3) is 0 Å². The van der Waals surface area contributed by atoms with Crippen molar-refractivity contribution in [1.82, 2.24) is 10.6 Å². The summed E-state index contributed by atoms with van der Waals surface area (Å²) in [5.41, 5.74) is 0.829. The Balaban J connectivity index is 2.13. The first-order valence-electron chi connectivity index (χ1n) is 8.53. The topological polar surface area (TPSA) is 109 Å². The summed E-state index contributed by atoms with van der Waals surface area (Å²) in [5, 5.41) is 14.4. The summed E-state index contributed by atoms with van der Waals surface area (Å²) in [5.74, 6) is -2.19. The standard InChI is InChI=1S/C20H22N2O5/c1-2-3-10-15(20(25)26)21-18(23)16(13-14-8-5-4-6-9-14)22-19(24)17-11-7-12-27-17/h2,4-9,11-12,15-16H,1,3,10,13H2,(H,21,23)(H,22,24)(H,25,26). The maximum atomic E-state index is 12.7. The second-order valence-corrected chi connectivity index (χ2v) is 5.96. The first-order valence-corrected chi connectivity index (χ1v) is 8.53. The molecule has 2 rings (SSSR count). The van der Waals surface area contributed by atoms with Crippen LogP contribution in [0.3, 0.4) is 0 Å². The van der Waals surface area contributed by atoms with Gasteiger partial charge in [-0.15, -0.1) is 6.58 Å². The van der Waals surface area contributed by atoms with E-state index in [4.69, 9.17) is 4.42 Å². The van der Waals surface area contributed by atoms with E-state index >= 15 is 0 Å². The van der Waals surface area contributed by atoms with E-state index in [2.05, 4.69) is 17.2 Å². The quantitative estimate of drug-likeness (QED) is 0.555. The van der Waals surface area contributed by atoms with Crippen LogP contribution in [0.5, 0.6) is 0 Å². The van der Waals surface area contributed by atoms with Gasteiger partial charge in [0.1, 0.15) is 12.1 Å². The summed E-state index contributed by atoms with van der Waals surface area (Å²) in [6.45, 7) is 3.56. The lowest BCUT2D eigenvalue weighted by Crippen LogP contribution is -2.52. The Morgan fingerprint density at radius 3 is 2.41 bits per heavy atom. The maximum Gasteiger partial charge on any atom is 0.326 e. The van der Waals surface area contributed by atoms with E-state index in [9.17, 15) is 19.5 Å². The molecule has 2 atom stereocenters. The number of benzene rings is 1. The number of carboxylic acids is 1. The minimum Gasteiger partial charge on any atom is -0.480 e. The highest BCUT2D eigenvalue weighted by Crippen LogP contribution is 2.07. The summed E-state index contributed by atoms with van der Waals surface area (Å²) in [6, 6.07) is 10.2. The first-order chi connectivity index (χ1) is 13.0. The van der Waals surface area contributed by atoms with Crippen LogP contribution < -0.4 is 10.6 Å². The second-order valence-electron chi connectivity index (χ2n) is 5.96. The lowest BCUT2D eigenvalue weighted by Gasteiger charge is -2.21. The molecule has 0 aliphatic heterocycles. The largest absolute Gasteiger partial charge is 0.480 e. The lowest BCUT2D eigenvalue weighted by atomic mass is 10.0. The van der Waals surface area contributed by atoms with Crippen LogP contribution in [0.1, 0.15) is 29.0 Å². The molecule has 0 aliphatic rings. The molecule has 3 N–H and O–H groups in total. The molecule has 0 bridgehead atoms. The zero-order chi connectivity index (χ0) is 19.6. The molecule has 142 valence electrons. The Bertz CT molecular complexity index is 771. The second kappa shape index (κ2) is 9.96. The van der Waals surface area contributed by atoms with Gasteiger partial charge in [-0.2, -0.15) is 0 Å². The number of furan rings is 1. The van der Waals surface area contributed by atoms with Gasteiger partial charge >= 0.3 is 5.97 Å². The zero-order valence-electron chi connectivity index (χ0n) is 14.8. The Hall–Kier alpha value is -3.35. The average Bonchev–Trinajstić information content (AvgIpc) is 3.20. The minimum atomic E-state index is -1.14. The van der Waals surface area contributed by atoms with Crippen molar-refractivity contribution in [2.24, 2.45) is 0 Å². The molecule has 1 heterocycles. The van der Waals surface area contributed by atoms with Gasteiger partial charge in [0.25, 0.3) is 5.91 Å². The van der Waals surface area contributed by atoms with Crippen molar-refractivity contribution in [3.63, 3.8) is 0 Å². The summed E-state index contributed by atoms with van der Waals surface area (Å²) < 4.78 is 5.05. The fourth-order valence-corrected chi connectivity index (χ4v) is 2.51. The fraction of sp³-hybridized carbons (Fsp3) is 0.250. The van der Waals surface area contributed by atoms with Gasteiger partial charge in [-0.05, 0) is 30.5 Å². The monoisotopic (exact) mass is 370 g/mol. The SMILES string of the molecule is C=CCCC(NC(=O)C(Cc1ccccc1)NC(=O)c1ccco1)C(=O)O. The molecule has 1 aromatic heterocycles. The van der Waals surface area contributed by atoms with Crippen molar-refractivity contribution in [2.75, 3.05) is 0 Å². The van der Waals surface area contributed by atoms with Crippen LogP contribution >= 0.6 is 0 Å². The third-order valence-corrected chi connectivity index (χ3v) is 3.92. The number of carbonyl (C=O) groups is 3. The molecule has 0 saturated heterocycles. The molecular formula is C20H22N2O5. The predicted octanol–water partition coefficient (Wildman–Crippen LogP) is 2.16. The molecular weight excluding hydrogens is 348 g/mol. The van der Waals surface area contributed by atoms with Crippen molar-refractivity contribution in [3.05, 3.63) is 72.7 Å². The number of amides is 2. The van der Waals surface area contributed by atoms with Gasteiger partial charge in [-0.1, -0.05) is 36.4 Å². The molecule has 0 saturated carbocycles. The van der Waals surface area contributed by atoms with E-state index in [0.29, 0.717) is 6.42 Å². The van der Waals surface area contributed by atoms with Crippen molar-refractivity contribution >= 4 is 17.8 Å². The number of allylic oxidation sites excluding steroid dienone is 1. The van der Waals surface area contributed by atoms with Gasteiger partial charge in [0.05, 0.1) is 6.26 Å². The van der Waals surface area contributed by atoms with Crippen LogP contribution in [0.2, 0.25) is 0 Å². The highest BCUT2D eigenvalue weighted by Gasteiger charge is 2.27. The summed E-state index contributed by atoms with van der Waals surface area (Å²) in [6.07, 6.45) is 3.82. The summed E-state index contributed by atoms with van der Waals surface area (Å²) >= 11 is 0. The lowest BCUT2D eigenvalue weighted by molar-refractivity contribution is -0.142. The fourth-order valence-electron chi connectivity index (χ4n) is 2.51. The molecule has 0 radical (unpaired) electrons. The van der Waals surface area contributed by atoms with Gasteiger partial charge < -0.3 is 20.2 Å². The summed E-state index contributed by atoms with van der Waals surface area (Å²) in [7, 11) is 0. The predicted molar refractivity (Wildman–Crippen MR) is 99.1 cm³/mol. The highest BCUT2D eigenvalue weighted by molar-refractivity contribution is 5.96. The third-order valence-electron chi connectivity index (χ3n) is 3.92. The average molecular weight is 370 g/mol. The van der Waals surface area contributed by atoms with Crippen molar-refractivity contribution < 1.29 is 23.9 Å². The number of hydrogen-bond acceptors (Lipinski definition) is 4. The van der Waals surface area contributed by atoms with E-state index < -0.39 is 29.9 Å². The highest BCUT2D eigenvalue weighted by atomic mass is 16.4. The molecule has 2 aromatic rings. The smallest absolute Gasteiger partial charge is 0.326 e. The van der Waals surface area contributed by atoms with E-state index in [1.165, 1.54) is 12.3 Å². The number of carboxylic acid groups (broad SMARTS) is 1. The van der Waals surface area contributed by atoms with Gasteiger partial charge in [0.2, 0.25) is 5.91 Å². The van der Waals surface area contributed by atoms with E-state index in [1.807, 2.05) is 30.3 Å². The molecule has 2 amide bonds. The number of hydrogen-bond donors (Lipinski definition) is 3. The van der Waals surface area contributed by atoms with Gasteiger partial charge in [-0.25, -0.2) is 4.79 Å². The van der Waals surface area contributed by atoms with Crippen LogP contribution in [0.4, 0.5) is 0 Å². The van der Waals surface area contributed by atoms with Crippen molar-refractivity contribution in [1.29, 1.82) is 0 Å². The number of rotatable bonds is 10.